The minimum absolute atomic E-state index is 0.173. The second kappa shape index (κ2) is 7.03. The maximum atomic E-state index is 13.6. The Hall–Kier alpha value is -1.72. The van der Waals surface area contributed by atoms with E-state index in [4.69, 9.17) is 4.74 Å². The molecule has 2 aromatic rings. The minimum Gasteiger partial charge on any atom is -0.481 e. The first kappa shape index (κ1) is 17.1. The van der Waals surface area contributed by atoms with E-state index in [-0.39, 0.29) is 5.92 Å². The molecule has 0 aliphatic heterocycles. The summed E-state index contributed by atoms with van der Waals surface area (Å²) in [6, 6.07) is 14.2. The number of carboxylic acids is 1. The number of ether oxygens (including phenoxy) is 1. The highest BCUT2D eigenvalue weighted by Gasteiger charge is 2.51. The molecule has 0 spiro atoms. The molecule has 0 heterocycles. The number of carboxylic acid groups (broad SMARTS) is 1. The van der Waals surface area contributed by atoms with Gasteiger partial charge in [0.1, 0.15) is 5.82 Å². The molecule has 1 aliphatic carbocycles. The topological polar surface area (TPSA) is 46.5 Å². The standard InChI is InChI=1S/C19H18BrFO3/c20-16-6-15(7-17(21)8-16)19(18(22)23)9-14(10-19)12-24-11-13-4-2-1-3-5-13/h1-8,14H,9-12H2,(H,22,23). The fourth-order valence-corrected chi connectivity index (χ4v) is 3.79. The van der Waals surface area contributed by atoms with Crippen LogP contribution in [0.3, 0.4) is 0 Å². The molecule has 126 valence electrons. The Labute approximate surface area is 148 Å². The lowest BCUT2D eigenvalue weighted by atomic mass is 9.59. The zero-order chi connectivity index (χ0) is 17.2. The fourth-order valence-electron chi connectivity index (χ4n) is 3.33. The molecule has 0 bridgehead atoms. The zero-order valence-corrected chi connectivity index (χ0v) is 14.6. The molecule has 1 aliphatic rings. The Kier molecular flexibility index (Phi) is 5.01. The molecule has 1 fully saturated rings. The summed E-state index contributed by atoms with van der Waals surface area (Å²) in [6.45, 7) is 1.03. The Morgan fingerprint density at radius 2 is 1.96 bits per heavy atom. The number of hydrogen-bond acceptors (Lipinski definition) is 2. The van der Waals surface area contributed by atoms with E-state index in [1.807, 2.05) is 30.3 Å². The SMILES string of the molecule is O=C(O)C1(c2cc(F)cc(Br)c2)CC(COCc2ccccc2)C1. The van der Waals surface area contributed by atoms with E-state index in [1.165, 1.54) is 12.1 Å². The maximum Gasteiger partial charge on any atom is 0.314 e. The Morgan fingerprint density at radius 3 is 2.58 bits per heavy atom. The first-order chi connectivity index (χ1) is 11.5. The molecule has 0 saturated heterocycles. The lowest BCUT2D eigenvalue weighted by molar-refractivity contribution is -0.151. The number of hydrogen-bond donors (Lipinski definition) is 1. The third kappa shape index (κ3) is 3.52. The van der Waals surface area contributed by atoms with Crippen LogP contribution < -0.4 is 0 Å². The van der Waals surface area contributed by atoms with Gasteiger partial charge in [-0.15, -0.1) is 0 Å². The number of aliphatic carboxylic acids is 1. The van der Waals surface area contributed by atoms with E-state index < -0.39 is 17.2 Å². The van der Waals surface area contributed by atoms with Gasteiger partial charge in [-0.2, -0.15) is 0 Å². The van der Waals surface area contributed by atoms with Crippen molar-refractivity contribution in [1.82, 2.24) is 0 Å². The molecule has 3 nitrogen and oxygen atoms in total. The van der Waals surface area contributed by atoms with Crippen molar-refractivity contribution in [2.45, 2.75) is 24.9 Å². The molecule has 24 heavy (non-hydrogen) atoms. The van der Waals surface area contributed by atoms with Gasteiger partial charge in [0.15, 0.2) is 0 Å². The van der Waals surface area contributed by atoms with Gasteiger partial charge in [0.05, 0.1) is 12.0 Å². The van der Waals surface area contributed by atoms with Crippen molar-refractivity contribution in [2.24, 2.45) is 5.92 Å². The molecule has 3 rings (SSSR count). The van der Waals surface area contributed by atoms with Crippen LogP contribution in [-0.2, 0) is 21.6 Å². The largest absolute Gasteiger partial charge is 0.481 e. The molecule has 5 heteroatoms. The van der Waals surface area contributed by atoms with Crippen molar-refractivity contribution in [3.8, 4) is 0 Å². The van der Waals surface area contributed by atoms with Crippen molar-refractivity contribution in [2.75, 3.05) is 6.61 Å². The number of carbonyl (C=O) groups is 1. The predicted molar refractivity (Wildman–Crippen MR) is 92.2 cm³/mol. The molecule has 0 amide bonds. The highest BCUT2D eigenvalue weighted by atomic mass is 79.9. The van der Waals surface area contributed by atoms with Gasteiger partial charge in [-0.25, -0.2) is 4.39 Å². The van der Waals surface area contributed by atoms with Crippen LogP contribution in [0, 0.1) is 11.7 Å². The number of benzene rings is 2. The van der Waals surface area contributed by atoms with Crippen LogP contribution in [0.5, 0.6) is 0 Å². The molecule has 0 atom stereocenters. The fraction of sp³-hybridized carbons (Fsp3) is 0.316. The van der Waals surface area contributed by atoms with Gasteiger partial charge in [-0.05, 0) is 48.1 Å². The van der Waals surface area contributed by atoms with E-state index in [1.54, 1.807) is 6.07 Å². The normalized spacial score (nSPS) is 22.8. The summed E-state index contributed by atoms with van der Waals surface area (Å²) in [6.07, 6.45) is 0.931. The van der Waals surface area contributed by atoms with Crippen LogP contribution in [-0.4, -0.2) is 17.7 Å². The van der Waals surface area contributed by atoms with Crippen molar-refractivity contribution in [3.63, 3.8) is 0 Å². The van der Waals surface area contributed by atoms with E-state index in [0.717, 1.165) is 5.56 Å². The van der Waals surface area contributed by atoms with Crippen LogP contribution in [0.2, 0.25) is 0 Å². The van der Waals surface area contributed by atoms with Crippen molar-refractivity contribution < 1.29 is 19.0 Å². The van der Waals surface area contributed by atoms with Gasteiger partial charge in [-0.1, -0.05) is 46.3 Å². The van der Waals surface area contributed by atoms with Crippen LogP contribution in [0.1, 0.15) is 24.0 Å². The first-order valence-electron chi connectivity index (χ1n) is 7.81. The second-order valence-corrected chi connectivity index (χ2v) is 7.24. The highest BCUT2D eigenvalue weighted by molar-refractivity contribution is 9.10. The predicted octanol–water partition coefficient (Wildman–Crippen LogP) is 4.54. The molecule has 1 saturated carbocycles. The summed E-state index contributed by atoms with van der Waals surface area (Å²) in [7, 11) is 0. The molecular weight excluding hydrogens is 375 g/mol. The monoisotopic (exact) mass is 392 g/mol. The Bertz CT molecular complexity index is 706. The van der Waals surface area contributed by atoms with Crippen LogP contribution in [0.25, 0.3) is 0 Å². The van der Waals surface area contributed by atoms with E-state index >= 15 is 0 Å². The number of halogens is 2. The quantitative estimate of drug-likeness (QED) is 0.784. The Balaban J connectivity index is 1.61. The molecule has 0 radical (unpaired) electrons. The third-order valence-corrected chi connectivity index (χ3v) is 5.02. The first-order valence-corrected chi connectivity index (χ1v) is 8.60. The summed E-state index contributed by atoms with van der Waals surface area (Å²) < 4.78 is 19.9. The second-order valence-electron chi connectivity index (χ2n) is 6.32. The van der Waals surface area contributed by atoms with Gasteiger partial charge in [0.25, 0.3) is 0 Å². The Morgan fingerprint density at radius 1 is 1.25 bits per heavy atom. The average molecular weight is 393 g/mol. The van der Waals surface area contributed by atoms with Gasteiger partial charge in [0.2, 0.25) is 0 Å². The maximum absolute atomic E-state index is 13.6. The average Bonchev–Trinajstić information content (AvgIpc) is 2.49. The summed E-state index contributed by atoms with van der Waals surface area (Å²) in [5.41, 5.74) is 0.599. The molecule has 0 unspecified atom stereocenters. The summed E-state index contributed by atoms with van der Waals surface area (Å²) in [4.78, 5) is 11.8. The summed E-state index contributed by atoms with van der Waals surface area (Å²) in [5.74, 6) is -1.16. The lowest BCUT2D eigenvalue weighted by Gasteiger charge is -2.44. The summed E-state index contributed by atoms with van der Waals surface area (Å²) in [5, 5.41) is 9.66. The van der Waals surface area contributed by atoms with Gasteiger partial charge in [0, 0.05) is 11.1 Å². The molecule has 2 aromatic carbocycles. The highest BCUT2D eigenvalue weighted by Crippen LogP contribution is 2.48. The molecular formula is C19H18BrFO3. The van der Waals surface area contributed by atoms with Crippen LogP contribution in [0.15, 0.2) is 53.0 Å². The van der Waals surface area contributed by atoms with E-state index in [2.05, 4.69) is 15.9 Å². The molecule has 0 aromatic heterocycles. The number of rotatable bonds is 6. The van der Waals surface area contributed by atoms with E-state index in [0.29, 0.717) is 36.1 Å². The van der Waals surface area contributed by atoms with Crippen LogP contribution in [0.4, 0.5) is 4.39 Å². The third-order valence-electron chi connectivity index (χ3n) is 4.56. The van der Waals surface area contributed by atoms with E-state index in [9.17, 15) is 14.3 Å². The van der Waals surface area contributed by atoms with Gasteiger partial charge < -0.3 is 9.84 Å². The minimum atomic E-state index is -1.01. The van der Waals surface area contributed by atoms with Gasteiger partial charge >= 0.3 is 5.97 Å². The van der Waals surface area contributed by atoms with Crippen molar-refractivity contribution >= 4 is 21.9 Å². The zero-order valence-electron chi connectivity index (χ0n) is 13.0. The lowest BCUT2D eigenvalue weighted by Crippen LogP contribution is -2.49. The van der Waals surface area contributed by atoms with Crippen molar-refractivity contribution in [3.05, 3.63) is 69.9 Å². The smallest absolute Gasteiger partial charge is 0.314 e. The van der Waals surface area contributed by atoms with Gasteiger partial charge in [-0.3, -0.25) is 4.79 Å². The summed E-state index contributed by atoms with van der Waals surface area (Å²) >= 11 is 3.23. The molecule has 1 N–H and O–H groups in total. The van der Waals surface area contributed by atoms with Crippen molar-refractivity contribution in [1.29, 1.82) is 0 Å². The van der Waals surface area contributed by atoms with Crippen LogP contribution >= 0.6 is 15.9 Å².